The summed E-state index contributed by atoms with van der Waals surface area (Å²) < 4.78 is 26.5. The Bertz CT molecular complexity index is 681. The van der Waals surface area contributed by atoms with Gasteiger partial charge in [-0.1, -0.05) is 24.3 Å². The van der Waals surface area contributed by atoms with Gasteiger partial charge >= 0.3 is 0 Å². The highest BCUT2D eigenvalue weighted by Gasteiger charge is 2.14. The third-order valence-electron chi connectivity index (χ3n) is 3.24. The van der Waals surface area contributed by atoms with Crippen molar-refractivity contribution >= 4 is 11.4 Å². The number of hydrogen-bond acceptors (Lipinski definition) is 4. The Balaban J connectivity index is 2.11. The number of rotatable bonds is 5. The summed E-state index contributed by atoms with van der Waals surface area (Å²) in [5, 5.41) is 34.8. The van der Waals surface area contributed by atoms with Crippen molar-refractivity contribution < 1.29 is 19.0 Å². The second-order valence-corrected chi connectivity index (χ2v) is 4.81. The summed E-state index contributed by atoms with van der Waals surface area (Å²) in [6, 6.07) is 7.91. The van der Waals surface area contributed by atoms with Gasteiger partial charge in [-0.25, -0.2) is 8.78 Å². The molecular formula is C16H14F2N2O2. The van der Waals surface area contributed by atoms with Crippen molar-refractivity contribution in [3.63, 3.8) is 0 Å². The van der Waals surface area contributed by atoms with Crippen LogP contribution in [0.5, 0.6) is 11.5 Å². The third-order valence-corrected chi connectivity index (χ3v) is 3.24. The predicted octanol–water partition coefficient (Wildman–Crippen LogP) is 3.20. The molecule has 2 aromatic carbocycles. The van der Waals surface area contributed by atoms with Gasteiger partial charge in [-0.15, -0.1) is 0 Å². The number of phenols is 2. The number of nitrogens with one attached hydrogen (secondary N) is 2. The van der Waals surface area contributed by atoms with Gasteiger partial charge in [0.1, 0.15) is 0 Å². The fraction of sp³-hybridized carbons (Fsp3) is 0.125. The van der Waals surface area contributed by atoms with Crippen molar-refractivity contribution in [2.75, 3.05) is 0 Å². The van der Waals surface area contributed by atoms with Gasteiger partial charge in [0.2, 0.25) is 0 Å². The summed E-state index contributed by atoms with van der Waals surface area (Å²) >= 11 is 0. The minimum atomic E-state index is -0.792. The lowest BCUT2D eigenvalue weighted by atomic mass is 9.99. The van der Waals surface area contributed by atoms with Crippen molar-refractivity contribution in [1.29, 1.82) is 10.8 Å². The summed E-state index contributed by atoms with van der Waals surface area (Å²) in [6.45, 7) is 0. The normalized spacial score (nSPS) is 10.5. The molecule has 0 aliphatic rings. The zero-order valence-corrected chi connectivity index (χ0v) is 11.5. The third kappa shape index (κ3) is 3.28. The molecule has 0 fully saturated rings. The number of para-hydroxylation sites is 2. The molecule has 0 amide bonds. The number of hydrogen-bond donors (Lipinski definition) is 4. The van der Waals surface area contributed by atoms with Crippen LogP contribution in [0.25, 0.3) is 0 Å². The van der Waals surface area contributed by atoms with E-state index in [4.69, 9.17) is 10.8 Å². The van der Waals surface area contributed by atoms with Gasteiger partial charge in [-0.3, -0.25) is 0 Å². The maximum absolute atomic E-state index is 13.2. The van der Waals surface area contributed by atoms with E-state index in [1.165, 1.54) is 24.3 Å². The molecule has 0 heterocycles. The number of benzene rings is 2. The molecule has 0 aliphatic carbocycles. The van der Waals surface area contributed by atoms with Crippen LogP contribution in [0.1, 0.15) is 11.1 Å². The monoisotopic (exact) mass is 304 g/mol. The molecular weight excluding hydrogens is 290 g/mol. The predicted molar refractivity (Wildman–Crippen MR) is 79.0 cm³/mol. The lowest BCUT2D eigenvalue weighted by Crippen LogP contribution is -2.17. The SMILES string of the molecule is N=C(Cc1cccc(F)c1O)C(=N)Cc1cccc(F)c1O. The molecule has 2 aromatic rings. The van der Waals surface area contributed by atoms with Crippen LogP contribution in [-0.4, -0.2) is 21.6 Å². The summed E-state index contributed by atoms with van der Waals surface area (Å²) in [4.78, 5) is 0. The van der Waals surface area contributed by atoms with E-state index in [1.54, 1.807) is 0 Å². The molecule has 4 nitrogen and oxygen atoms in total. The van der Waals surface area contributed by atoms with Crippen LogP contribution in [0.15, 0.2) is 36.4 Å². The van der Waals surface area contributed by atoms with Crippen LogP contribution in [0.3, 0.4) is 0 Å². The molecule has 114 valence electrons. The summed E-state index contributed by atoms with van der Waals surface area (Å²) in [5.41, 5.74) is 0.0885. The summed E-state index contributed by atoms with van der Waals surface area (Å²) in [5.74, 6) is -2.68. The minimum absolute atomic E-state index is 0.126. The van der Waals surface area contributed by atoms with Crippen LogP contribution < -0.4 is 0 Å². The van der Waals surface area contributed by atoms with Crippen molar-refractivity contribution in [2.45, 2.75) is 12.8 Å². The quantitative estimate of drug-likeness (QED) is 0.639. The van der Waals surface area contributed by atoms with Crippen molar-refractivity contribution in [2.24, 2.45) is 0 Å². The van der Waals surface area contributed by atoms with E-state index >= 15 is 0 Å². The average molecular weight is 304 g/mol. The lowest BCUT2D eigenvalue weighted by Gasteiger charge is -2.09. The Morgan fingerprint density at radius 2 is 1.14 bits per heavy atom. The van der Waals surface area contributed by atoms with Gasteiger partial charge in [-0.2, -0.15) is 0 Å². The van der Waals surface area contributed by atoms with E-state index in [1.807, 2.05) is 0 Å². The van der Waals surface area contributed by atoms with Gasteiger partial charge in [-0.05, 0) is 12.1 Å². The highest BCUT2D eigenvalue weighted by molar-refractivity contribution is 6.40. The van der Waals surface area contributed by atoms with Crippen LogP contribution >= 0.6 is 0 Å². The van der Waals surface area contributed by atoms with Gasteiger partial charge in [0, 0.05) is 24.0 Å². The van der Waals surface area contributed by atoms with Gasteiger partial charge < -0.3 is 21.0 Å². The molecule has 0 atom stereocenters. The molecule has 0 saturated carbocycles. The summed E-state index contributed by atoms with van der Waals surface area (Å²) in [7, 11) is 0. The lowest BCUT2D eigenvalue weighted by molar-refractivity contribution is 0.427. The second kappa shape index (κ2) is 6.34. The Morgan fingerprint density at radius 1 is 0.773 bits per heavy atom. The van der Waals surface area contributed by atoms with E-state index in [9.17, 15) is 19.0 Å². The molecule has 2 rings (SSSR count). The number of aromatic hydroxyl groups is 2. The molecule has 0 spiro atoms. The first-order valence-corrected chi connectivity index (χ1v) is 6.48. The first-order valence-electron chi connectivity index (χ1n) is 6.48. The molecule has 0 aromatic heterocycles. The first kappa shape index (κ1) is 15.6. The zero-order chi connectivity index (χ0) is 16.3. The zero-order valence-electron chi connectivity index (χ0n) is 11.5. The van der Waals surface area contributed by atoms with E-state index in [0.29, 0.717) is 0 Å². The molecule has 4 N–H and O–H groups in total. The molecule has 0 unspecified atom stereocenters. The van der Waals surface area contributed by atoms with E-state index < -0.39 is 23.1 Å². The van der Waals surface area contributed by atoms with Gasteiger partial charge in [0.15, 0.2) is 23.1 Å². The Labute approximate surface area is 125 Å². The van der Waals surface area contributed by atoms with E-state index in [2.05, 4.69) is 0 Å². The fourth-order valence-corrected chi connectivity index (χ4v) is 2.00. The van der Waals surface area contributed by atoms with Crippen molar-refractivity contribution in [3.05, 3.63) is 59.2 Å². The Hall–Kier alpha value is -2.76. The molecule has 6 heteroatoms. The van der Waals surface area contributed by atoms with Crippen molar-refractivity contribution in [3.8, 4) is 11.5 Å². The topological polar surface area (TPSA) is 88.2 Å². The molecule has 0 radical (unpaired) electrons. The maximum Gasteiger partial charge on any atom is 0.165 e. The number of phenolic OH excluding ortho intramolecular Hbond substituents is 2. The van der Waals surface area contributed by atoms with E-state index in [0.717, 1.165) is 12.1 Å². The molecule has 0 saturated heterocycles. The maximum atomic E-state index is 13.2. The average Bonchev–Trinajstić information content (AvgIpc) is 2.48. The summed E-state index contributed by atoms with van der Waals surface area (Å²) in [6.07, 6.45) is -0.253. The molecule has 0 aliphatic heterocycles. The molecule has 0 bridgehead atoms. The Morgan fingerprint density at radius 3 is 1.50 bits per heavy atom. The Kier molecular flexibility index (Phi) is 4.50. The van der Waals surface area contributed by atoms with Crippen LogP contribution in [0.4, 0.5) is 8.78 Å². The van der Waals surface area contributed by atoms with Crippen molar-refractivity contribution in [1.82, 2.24) is 0 Å². The molecule has 22 heavy (non-hydrogen) atoms. The highest BCUT2D eigenvalue weighted by atomic mass is 19.1. The van der Waals surface area contributed by atoms with Crippen LogP contribution in [-0.2, 0) is 12.8 Å². The largest absolute Gasteiger partial charge is 0.505 e. The highest BCUT2D eigenvalue weighted by Crippen LogP contribution is 2.23. The number of halogens is 2. The minimum Gasteiger partial charge on any atom is -0.505 e. The van der Waals surface area contributed by atoms with Crippen LogP contribution in [0.2, 0.25) is 0 Å². The smallest absolute Gasteiger partial charge is 0.165 e. The van der Waals surface area contributed by atoms with Gasteiger partial charge in [0.05, 0.1) is 11.4 Å². The standard InChI is InChI=1S/C16H14F2N2O2/c17-11-5-1-3-9(15(11)21)7-13(19)14(20)8-10-4-2-6-12(18)16(10)22/h1-6,19-22H,7-8H2. The van der Waals surface area contributed by atoms with Gasteiger partial charge in [0.25, 0.3) is 0 Å². The fourth-order valence-electron chi connectivity index (χ4n) is 2.00. The second-order valence-electron chi connectivity index (χ2n) is 4.81. The first-order chi connectivity index (χ1) is 10.4. The van der Waals surface area contributed by atoms with Crippen LogP contribution in [0, 0.1) is 22.5 Å². The van der Waals surface area contributed by atoms with E-state index in [-0.39, 0.29) is 35.4 Å².